The van der Waals surface area contributed by atoms with E-state index in [1.54, 1.807) is 12.5 Å². The topological polar surface area (TPSA) is 71.3 Å². The minimum atomic E-state index is 0.00415. The van der Waals surface area contributed by atoms with Gasteiger partial charge in [-0.15, -0.1) is 5.10 Å². The van der Waals surface area contributed by atoms with Crippen LogP contribution in [0.1, 0.15) is 28.8 Å². The molecular weight excluding hydrogens is 316 g/mol. The van der Waals surface area contributed by atoms with Crippen molar-refractivity contribution in [1.29, 1.82) is 0 Å². The third-order valence-electron chi connectivity index (χ3n) is 4.77. The molecule has 0 saturated carbocycles. The number of carbonyl (C=O) groups is 1. The van der Waals surface area contributed by atoms with Gasteiger partial charge in [-0.25, -0.2) is 0 Å². The van der Waals surface area contributed by atoms with Crippen molar-refractivity contribution < 1.29 is 9.21 Å². The summed E-state index contributed by atoms with van der Waals surface area (Å²) in [5, 5.41) is 12.4. The Kier molecular flexibility index (Phi) is 4.09. The summed E-state index contributed by atoms with van der Waals surface area (Å²) in [5.41, 5.74) is 2.52. The van der Waals surface area contributed by atoms with Gasteiger partial charge in [-0.1, -0.05) is 18.2 Å². The van der Waals surface area contributed by atoms with Crippen molar-refractivity contribution >= 4 is 22.7 Å². The monoisotopic (exact) mass is 336 g/mol. The average Bonchev–Trinajstić information content (AvgIpc) is 3.11. The Bertz CT molecular complexity index is 897. The third-order valence-corrected chi connectivity index (χ3v) is 4.77. The molecule has 1 saturated heterocycles. The SMILES string of the molecule is Cc1ccccc1C(=O)NC1CCN(c2nncc3ccoc23)CC1. The van der Waals surface area contributed by atoms with Gasteiger partial charge >= 0.3 is 0 Å². The normalized spacial score (nSPS) is 15.5. The quantitative estimate of drug-likeness (QED) is 0.796. The second-order valence-electron chi connectivity index (χ2n) is 6.42. The van der Waals surface area contributed by atoms with Crippen molar-refractivity contribution in [2.24, 2.45) is 0 Å². The molecule has 6 heteroatoms. The first-order chi connectivity index (χ1) is 12.2. The zero-order valence-corrected chi connectivity index (χ0v) is 14.1. The van der Waals surface area contributed by atoms with Gasteiger partial charge in [0.1, 0.15) is 0 Å². The summed E-state index contributed by atoms with van der Waals surface area (Å²) in [7, 11) is 0. The van der Waals surface area contributed by atoms with Gasteiger partial charge in [-0.3, -0.25) is 4.79 Å². The molecule has 128 valence electrons. The molecule has 0 aliphatic carbocycles. The van der Waals surface area contributed by atoms with E-state index >= 15 is 0 Å². The molecule has 2 aromatic heterocycles. The fourth-order valence-electron chi connectivity index (χ4n) is 3.33. The summed E-state index contributed by atoms with van der Waals surface area (Å²) >= 11 is 0. The Hall–Kier alpha value is -2.89. The van der Waals surface area contributed by atoms with Gasteiger partial charge in [0.15, 0.2) is 11.4 Å². The Morgan fingerprint density at radius 3 is 2.84 bits per heavy atom. The molecule has 0 radical (unpaired) electrons. The Balaban J connectivity index is 1.41. The molecule has 0 unspecified atom stereocenters. The highest BCUT2D eigenvalue weighted by Crippen LogP contribution is 2.26. The van der Waals surface area contributed by atoms with E-state index in [1.165, 1.54) is 0 Å². The van der Waals surface area contributed by atoms with Gasteiger partial charge in [0.2, 0.25) is 0 Å². The lowest BCUT2D eigenvalue weighted by Gasteiger charge is -2.32. The van der Waals surface area contributed by atoms with Crippen LogP contribution in [0.5, 0.6) is 0 Å². The third kappa shape index (κ3) is 3.07. The van der Waals surface area contributed by atoms with Crippen LogP contribution in [-0.2, 0) is 0 Å². The van der Waals surface area contributed by atoms with Gasteiger partial charge in [0.25, 0.3) is 5.91 Å². The molecule has 0 spiro atoms. The first-order valence-electron chi connectivity index (χ1n) is 8.53. The number of carbonyl (C=O) groups excluding carboxylic acids is 1. The lowest BCUT2D eigenvalue weighted by molar-refractivity contribution is 0.0930. The first-order valence-corrected chi connectivity index (χ1v) is 8.53. The summed E-state index contributed by atoms with van der Waals surface area (Å²) in [6.07, 6.45) is 5.11. The molecule has 4 rings (SSSR count). The van der Waals surface area contributed by atoms with Crippen LogP contribution in [0.3, 0.4) is 0 Å². The molecular formula is C19H20N4O2. The van der Waals surface area contributed by atoms with E-state index < -0.39 is 0 Å². The van der Waals surface area contributed by atoms with Crippen molar-refractivity contribution in [3.8, 4) is 0 Å². The van der Waals surface area contributed by atoms with Crippen LogP contribution < -0.4 is 10.2 Å². The summed E-state index contributed by atoms with van der Waals surface area (Å²) in [4.78, 5) is 14.6. The maximum Gasteiger partial charge on any atom is 0.251 e. The van der Waals surface area contributed by atoms with E-state index in [4.69, 9.17) is 4.42 Å². The van der Waals surface area contributed by atoms with Crippen LogP contribution in [0.25, 0.3) is 11.0 Å². The Morgan fingerprint density at radius 1 is 1.24 bits per heavy atom. The van der Waals surface area contributed by atoms with Crippen molar-refractivity contribution in [3.05, 3.63) is 53.9 Å². The second-order valence-corrected chi connectivity index (χ2v) is 6.42. The zero-order chi connectivity index (χ0) is 17.2. The number of aromatic nitrogens is 2. The van der Waals surface area contributed by atoms with Gasteiger partial charge in [0.05, 0.1) is 12.5 Å². The maximum absolute atomic E-state index is 12.5. The number of furan rings is 1. The Labute approximate surface area is 145 Å². The van der Waals surface area contributed by atoms with E-state index in [2.05, 4.69) is 20.4 Å². The standard InChI is InChI=1S/C19H20N4O2/c1-13-4-2-3-5-16(13)19(24)21-15-6-9-23(10-7-15)18-17-14(8-11-25-17)12-20-22-18/h2-5,8,11-12,15H,6-7,9-10H2,1H3,(H,21,24). The second kappa shape index (κ2) is 6.55. The number of amides is 1. The molecule has 1 amide bonds. The zero-order valence-electron chi connectivity index (χ0n) is 14.1. The fraction of sp³-hybridized carbons (Fsp3) is 0.316. The van der Waals surface area contributed by atoms with Crippen LogP contribution in [0, 0.1) is 6.92 Å². The molecule has 1 aliphatic heterocycles. The summed E-state index contributed by atoms with van der Waals surface area (Å²) in [6, 6.07) is 9.73. The van der Waals surface area contributed by atoms with Crippen molar-refractivity contribution in [2.75, 3.05) is 18.0 Å². The number of aryl methyl sites for hydroxylation is 1. The molecule has 1 aliphatic rings. The summed E-state index contributed by atoms with van der Waals surface area (Å²) < 4.78 is 5.55. The largest absolute Gasteiger partial charge is 0.460 e. The highest BCUT2D eigenvalue weighted by atomic mass is 16.3. The molecule has 1 aromatic carbocycles. The number of benzene rings is 1. The molecule has 1 N–H and O–H groups in total. The van der Waals surface area contributed by atoms with E-state index in [1.807, 2.05) is 37.3 Å². The van der Waals surface area contributed by atoms with Crippen molar-refractivity contribution in [2.45, 2.75) is 25.8 Å². The highest BCUT2D eigenvalue weighted by Gasteiger charge is 2.24. The van der Waals surface area contributed by atoms with E-state index in [9.17, 15) is 4.79 Å². The molecule has 3 heterocycles. The van der Waals surface area contributed by atoms with Gasteiger partial charge in [-0.2, -0.15) is 5.10 Å². The molecule has 25 heavy (non-hydrogen) atoms. The van der Waals surface area contributed by atoms with Gasteiger partial charge < -0.3 is 14.6 Å². The minimum absolute atomic E-state index is 0.00415. The molecule has 1 fully saturated rings. The van der Waals surface area contributed by atoms with Crippen molar-refractivity contribution in [1.82, 2.24) is 15.5 Å². The number of rotatable bonds is 3. The van der Waals surface area contributed by atoms with Crippen LogP contribution in [0.15, 0.2) is 47.2 Å². The lowest BCUT2D eigenvalue weighted by Crippen LogP contribution is -2.45. The van der Waals surface area contributed by atoms with Crippen LogP contribution >= 0.6 is 0 Å². The predicted octanol–water partition coefficient (Wildman–Crippen LogP) is 2.93. The van der Waals surface area contributed by atoms with Crippen molar-refractivity contribution in [3.63, 3.8) is 0 Å². The number of nitrogens with zero attached hydrogens (tertiary/aromatic N) is 3. The number of hydrogen-bond donors (Lipinski definition) is 1. The average molecular weight is 336 g/mol. The maximum atomic E-state index is 12.5. The smallest absolute Gasteiger partial charge is 0.251 e. The first kappa shape index (κ1) is 15.6. The van der Waals surface area contributed by atoms with E-state index in [0.717, 1.165) is 53.8 Å². The number of hydrogen-bond acceptors (Lipinski definition) is 5. The number of nitrogens with one attached hydrogen (secondary N) is 1. The van der Waals surface area contributed by atoms with Crippen LogP contribution in [0.4, 0.5) is 5.82 Å². The minimum Gasteiger partial charge on any atom is -0.460 e. The summed E-state index contributed by atoms with van der Waals surface area (Å²) in [6.45, 7) is 3.58. The highest BCUT2D eigenvalue weighted by molar-refractivity contribution is 5.95. The van der Waals surface area contributed by atoms with Crippen LogP contribution in [-0.4, -0.2) is 35.2 Å². The summed E-state index contributed by atoms with van der Waals surface area (Å²) in [5.74, 6) is 0.788. The number of anilines is 1. The predicted molar refractivity (Wildman–Crippen MR) is 95.7 cm³/mol. The van der Waals surface area contributed by atoms with E-state index in [0.29, 0.717) is 0 Å². The molecule has 0 atom stereocenters. The fourth-order valence-corrected chi connectivity index (χ4v) is 3.33. The number of piperidine rings is 1. The number of fused-ring (bicyclic) bond motifs is 1. The molecule has 6 nitrogen and oxygen atoms in total. The van der Waals surface area contributed by atoms with E-state index in [-0.39, 0.29) is 11.9 Å². The van der Waals surface area contributed by atoms with Gasteiger partial charge in [-0.05, 0) is 37.5 Å². The van der Waals surface area contributed by atoms with Gasteiger partial charge in [0, 0.05) is 30.1 Å². The molecule has 0 bridgehead atoms. The lowest BCUT2D eigenvalue weighted by atomic mass is 10.0. The Morgan fingerprint density at radius 2 is 2.04 bits per heavy atom. The molecule has 3 aromatic rings. The van der Waals surface area contributed by atoms with Crippen LogP contribution in [0.2, 0.25) is 0 Å².